The number of methoxy groups -OCH3 is 1. The Kier molecular flexibility index (Phi) is 5.16. The summed E-state index contributed by atoms with van der Waals surface area (Å²) in [5, 5.41) is 3.61. The molecule has 1 saturated heterocycles. The number of hydrogen-bond donors (Lipinski definition) is 2. The van der Waals surface area contributed by atoms with Crippen LogP contribution >= 0.6 is 11.6 Å². The minimum absolute atomic E-state index is 0.0809. The van der Waals surface area contributed by atoms with Crippen molar-refractivity contribution >= 4 is 28.9 Å². The first-order valence-corrected chi connectivity index (χ1v) is 8.52. The summed E-state index contributed by atoms with van der Waals surface area (Å²) in [5.41, 5.74) is 7.28. The number of ether oxygens (including phenoxy) is 2. The van der Waals surface area contributed by atoms with Crippen molar-refractivity contribution in [3.8, 4) is 5.75 Å². The highest BCUT2D eigenvalue weighted by Crippen LogP contribution is 2.37. The summed E-state index contributed by atoms with van der Waals surface area (Å²) in [6.07, 6.45) is 1.20. The Balaban J connectivity index is 1.91. The van der Waals surface area contributed by atoms with Crippen molar-refractivity contribution in [2.45, 2.75) is 18.3 Å². The third kappa shape index (κ3) is 3.57. The molecule has 0 aliphatic carbocycles. The summed E-state index contributed by atoms with van der Waals surface area (Å²) in [4.78, 5) is 13.2. The molecule has 0 bridgehead atoms. The van der Waals surface area contributed by atoms with Crippen molar-refractivity contribution in [1.82, 2.24) is 0 Å². The molecule has 3 rings (SSSR count). The molecule has 0 saturated carbocycles. The predicted octanol–water partition coefficient (Wildman–Crippen LogP) is 3.62. The van der Waals surface area contributed by atoms with Crippen LogP contribution in [0.2, 0.25) is 5.02 Å². The van der Waals surface area contributed by atoms with Crippen molar-refractivity contribution in [1.29, 1.82) is 0 Å². The Labute approximate surface area is 152 Å². The molecule has 1 heterocycles. The fourth-order valence-electron chi connectivity index (χ4n) is 3.22. The smallest absolute Gasteiger partial charge is 0.235 e. The van der Waals surface area contributed by atoms with E-state index in [1.54, 1.807) is 31.4 Å². The van der Waals surface area contributed by atoms with Crippen LogP contribution in [0.15, 0.2) is 42.5 Å². The normalized spacial score (nSPS) is 16.2. The molecule has 1 amide bonds. The number of carbonyl (C=O) groups excluding carboxylic acids is 1. The van der Waals surface area contributed by atoms with Gasteiger partial charge in [0.25, 0.3) is 0 Å². The van der Waals surface area contributed by atoms with Crippen molar-refractivity contribution in [2.75, 3.05) is 31.4 Å². The molecule has 2 aromatic rings. The number of benzene rings is 2. The van der Waals surface area contributed by atoms with Gasteiger partial charge in [-0.1, -0.05) is 23.7 Å². The maximum absolute atomic E-state index is 13.2. The Morgan fingerprint density at radius 3 is 2.64 bits per heavy atom. The van der Waals surface area contributed by atoms with E-state index in [9.17, 15) is 4.79 Å². The number of hydrogen-bond acceptors (Lipinski definition) is 4. The van der Waals surface area contributed by atoms with E-state index in [1.165, 1.54) is 0 Å². The first-order chi connectivity index (χ1) is 12.0. The van der Waals surface area contributed by atoms with E-state index in [1.807, 2.05) is 18.2 Å². The van der Waals surface area contributed by atoms with Gasteiger partial charge in [0.1, 0.15) is 5.75 Å². The van der Waals surface area contributed by atoms with Gasteiger partial charge in [0.15, 0.2) is 0 Å². The van der Waals surface area contributed by atoms with Gasteiger partial charge in [0.05, 0.1) is 18.2 Å². The summed E-state index contributed by atoms with van der Waals surface area (Å²) in [5.74, 6) is 0.497. The van der Waals surface area contributed by atoms with Crippen LogP contribution in [-0.4, -0.2) is 26.2 Å². The molecular formula is C19H21ClN2O3. The van der Waals surface area contributed by atoms with Crippen LogP contribution in [0.25, 0.3) is 0 Å². The summed E-state index contributed by atoms with van der Waals surface area (Å²) in [7, 11) is 1.56. The molecule has 3 N–H and O–H groups in total. The van der Waals surface area contributed by atoms with E-state index >= 15 is 0 Å². The SMILES string of the molecule is COc1ccc(NC(=O)C2(c3cccc(Cl)c3)CCOCC2)cc1N. The van der Waals surface area contributed by atoms with Gasteiger partial charge in [-0.25, -0.2) is 0 Å². The van der Waals surface area contributed by atoms with Crippen LogP contribution in [-0.2, 0) is 14.9 Å². The van der Waals surface area contributed by atoms with Crippen LogP contribution in [0.4, 0.5) is 11.4 Å². The maximum Gasteiger partial charge on any atom is 0.235 e. The fraction of sp³-hybridized carbons (Fsp3) is 0.316. The van der Waals surface area contributed by atoms with Crippen molar-refractivity contribution in [3.63, 3.8) is 0 Å². The average Bonchev–Trinajstić information content (AvgIpc) is 2.62. The molecule has 132 valence electrons. The lowest BCUT2D eigenvalue weighted by atomic mass is 9.73. The van der Waals surface area contributed by atoms with Gasteiger partial charge in [0, 0.05) is 23.9 Å². The van der Waals surface area contributed by atoms with Crippen molar-refractivity contribution < 1.29 is 14.3 Å². The second-order valence-electron chi connectivity index (χ2n) is 6.12. The minimum Gasteiger partial charge on any atom is -0.495 e. The summed E-state index contributed by atoms with van der Waals surface area (Å²) in [6.45, 7) is 1.06. The van der Waals surface area contributed by atoms with Gasteiger partial charge in [-0.05, 0) is 48.7 Å². The van der Waals surface area contributed by atoms with E-state index in [0.717, 1.165) is 5.56 Å². The molecule has 1 aliphatic heterocycles. The van der Waals surface area contributed by atoms with Gasteiger partial charge in [-0.15, -0.1) is 0 Å². The van der Waals surface area contributed by atoms with Crippen LogP contribution in [0, 0.1) is 0 Å². The van der Waals surface area contributed by atoms with E-state index in [0.29, 0.717) is 48.2 Å². The van der Waals surface area contributed by atoms with Gasteiger partial charge >= 0.3 is 0 Å². The van der Waals surface area contributed by atoms with Crippen LogP contribution < -0.4 is 15.8 Å². The molecule has 0 radical (unpaired) electrons. The Morgan fingerprint density at radius 2 is 2.00 bits per heavy atom. The second kappa shape index (κ2) is 7.33. The van der Waals surface area contributed by atoms with Crippen LogP contribution in [0.1, 0.15) is 18.4 Å². The number of halogens is 1. The molecule has 25 heavy (non-hydrogen) atoms. The number of nitrogens with two attached hydrogens (primary N) is 1. The lowest BCUT2D eigenvalue weighted by Gasteiger charge is -2.36. The molecule has 0 aromatic heterocycles. The Hall–Kier alpha value is -2.24. The molecule has 0 unspecified atom stereocenters. The summed E-state index contributed by atoms with van der Waals surface area (Å²) < 4.78 is 10.6. The third-order valence-corrected chi connectivity index (χ3v) is 4.88. The number of nitrogens with one attached hydrogen (secondary N) is 1. The standard InChI is InChI=1S/C19H21ClN2O3/c1-24-17-6-5-15(12-16(17)21)22-18(23)19(7-9-25-10-8-19)13-3-2-4-14(20)11-13/h2-6,11-12H,7-10,21H2,1H3,(H,22,23). The maximum atomic E-state index is 13.2. The quantitative estimate of drug-likeness (QED) is 0.817. The zero-order chi connectivity index (χ0) is 17.9. The molecule has 5 nitrogen and oxygen atoms in total. The predicted molar refractivity (Wildman–Crippen MR) is 99.2 cm³/mol. The topological polar surface area (TPSA) is 73.6 Å². The first-order valence-electron chi connectivity index (χ1n) is 8.14. The minimum atomic E-state index is -0.669. The van der Waals surface area contributed by atoms with Gasteiger partial charge in [0.2, 0.25) is 5.91 Å². The number of anilines is 2. The summed E-state index contributed by atoms with van der Waals surface area (Å²) >= 11 is 6.15. The zero-order valence-corrected chi connectivity index (χ0v) is 14.8. The highest BCUT2D eigenvalue weighted by Gasteiger charge is 2.41. The molecule has 6 heteroatoms. The monoisotopic (exact) mass is 360 g/mol. The Bertz CT molecular complexity index is 773. The number of amides is 1. The van der Waals surface area contributed by atoms with Gasteiger partial charge in [-0.3, -0.25) is 4.79 Å². The third-order valence-electron chi connectivity index (χ3n) is 4.65. The fourth-order valence-corrected chi connectivity index (χ4v) is 3.41. The largest absolute Gasteiger partial charge is 0.495 e. The number of nitrogen functional groups attached to an aromatic ring is 1. The highest BCUT2D eigenvalue weighted by atomic mass is 35.5. The molecule has 0 spiro atoms. The first kappa shape index (κ1) is 17.6. The van der Waals surface area contributed by atoms with Gasteiger partial charge in [-0.2, -0.15) is 0 Å². The van der Waals surface area contributed by atoms with Crippen molar-refractivity contribution in [3.05, 3.63) is 53.1 Å². The lowest BCUT2D eigenvalue weighted by molar-refractivity contribution is -0.125. The van der Waals surface area contributed by atoms with Crippen LogP contribution in [0.3, 0.4) is 0 Å². The highest BCUT2D eigenvalue weighted by molar-refractivity contribution is 6.30. The molecule has 0 atom stereocenters. The number of rotatable bonds is 4. The van der Waals surface area contributed by atoms with Crippen LogP contribution in [0.5, 0.6) is 5.75 Å². The Morgan fingerprint density at radius 1 is 1.24 bits per heavy atom. The van der Waals surface area contributed by atoms with E-state index < -0.39 is 5.41 Å². The second-order valence-corrected chi connectivity index (χ2v) is 6.55. The van der Waals surface area contributed by atoms with Crippen molar-refractivity contribution in [2.24, 2.45) is 0 Å². The molecule has 2 aromatic carbocycles. The molecule has 1 aliphatic rings. The van der Waals surface area contributed by atoms with E-state index in [4.69, 9.17) is 26.8 Å². The zero-order valence-electron chi connectivity index (χ0n) is 14.0. The lowest BCUT2D eigenvalue weighted by Crippen LogP contribution is -2.44. The van der Waals surface area contributed by atoms with Gasteiger partial charge < -0.3 is 20.5 Å². The number of carbonyl (C=O) groups is 1. The van der Waals surface area contributed by atoms with E-state index in [-0.39, 0.29) is 5.91 Å². The molecular weight excluding hydrogens is 340 g/mol. The molecule has 1 fully saturated rings. The van der Waals surface area contributed by atoms with E-state index in [2.05, 4.69) is 5.32 Å². The summed E-state index contributed by atoms with van der Waals surface area (Å²) in [6, 6.07) is 12.7. The average molecular weight is 361 g/mol.